The minimum Gasteiger partial charge on any atom is -0.503 e. The van der Waals surface area contributed by atoms with E-state index in [0.29, 0.717) is 76.2 Å². The highest BCUT2D eigenvalue weighted by atomic mass is 35.5. The van der Waals surface area contributed by atoms with Gasteiger partial charge in [-0.2, -0.15) is 0 Å². The summed E-state index contributed by atoms with van der Waals surface area (Å²) in [6.07, 6.45) is 27.5. The van der Waals surface area contributed by atoms with Gasteiger partial charge in [0, 0.05) is 118 Å². The molecule has 0 bridgehead atoms. The molecule has 0 spiro atoms. The molecule has 0 atom stereocenters. The first-order valence-corrected chi connectivity index (χ1v) is 43.1. The Morgan fingerprint density at radius 2 is 0.442 bits per heavy atom. The highest BCUT2D eigenvalue weighted by Crippen LogP contribution is 2.25. The van der Waals surface area contributed by atoms with Crippen molar-refractivity contribution in [2.75, 3.05) is 83.4 Å². The van der Waals surface area contributed by atoms with E-state index in [1.165, 1.54) is 101 Å². The smallest absolute Gasteiger partial charge is 0.293 e. The molecule has 0 unspecified atom stereocenters. The molecule has 24 heteroatoms. The van der Waals surface area contributed by atoms with E-state index in [2.05, 4.69) is 39.6 Å². The molecule has 0 aliphatic carbocycles. The molecule has 5 aliphatic heterocycles. The number of halogens is 1. The van der Waals surface area contributed by atoms with Crippen molar-refractivity contribution in [1.82, 2.24) is 57.5 Å². The molecular weight excluding hydrogens is 1530 g/mol. The second kappa shape index (κ2) is 45.8. The van der Waals surface area contributed by atoms with Crippen molar-refractivity contribution < 1.29 is 25.5 Å². The van der Waals surface area contributed by atoms with Gasteiger partial charge >= 0.3 is 0 Å². The van der Waals surface area contributed by atoms with Gasteiger partial charge in [0.1, 0.15) is 0 Å². The number of likely N-dealkylation sites (tertiary alicyclic amines) is 4. The number of piperidine rings is 2. The molecule has 5 fully saturated rings. The Hall–Kier alpha value is -11.2. The van der Waals surface area contributed by atoms with Crippen molar-refractivity contribution in [3.63, 3.8) is 0 Å². The van der Waals surface area contributed by atoms with Crippen LogP contribution in [-0.4, -0.2) is 162 Å². The predicted molar refractivity (Wildman–Crippen MR) is 474 cm³/mol. The molecule has 5 aliphatic rings. The summed E-state index contributed by atoms with van der Waals surface area (Å²) in [6.45, 7) is 17.1. The zero-order valence-corrected chi connectivity index (χ0v) is 69.7. The predicted octanol–water partition coefficient (Wildman–Crippen LogP) is 13.9. The molecular formula is C96H116ClN13O10. The summed E-state index contributed by atoms with van der Waals surface area (Å²) in [4.78, 5) is 75.7. The molecule has 0 saturated carbocycles. The van der Waals surface area contributed by atoms with Crippen molar-refractivity contribution in [3.8, 4) is 28.7 Å². The van der Waals surface area contributed by atoms with Gasteiger partial charge in [0.15, 0.2) is 39.7 Å². The maximum Gasteiger partial charge on any atom is 0.293 e. The summed E-state index contributed by atoms with van der Waals surface area (Å²) in [5.41, 5.74) is 7.23. The summed E-state index contributed by atoms with van der Waals surface area (Å²) in [5, 5.41) is 59.9. The number of hydrogen-bond donors (Lipinski definition) is 5. The fraction of sp³-hybridized carbons (Fsp3) is 0.385. The van der Waals surface area contributed by atoms with Crippen molar-refractivity contribution in [2.45, 2.75) is 162 Å². The van der Waals surface area contributed by atoms with Gasteiger partial charge in [-0.1, -0.05) is 208 Å². The number of hydrogen-bond acceptors (Lipinski definition) is 18. The summed E-state index contributed by atoms with van der Waals surface area (Å²) in [5.74, 6) is 0.214. The Labute approximate surface area is 708 Å². The van der Waals surface area contributed by atoms with E-state index < -0.39 is 0 Å². The third kappa shape index (κ3) is 26.4. The third-order valence-corrected chi connectivity index (χ3v) is 23.1. The standard InChI is InChI=1S/C21H22ClN5O2.C20H26N2O2.C19H24N2O2.2C18H22N2O2/c22-18-6-7-19(24-23-18)26-12-10-25(11-13-26)15-17-8-9-27(21(29)20(17)28)14-16-4-2-1-3-5-16;23-19-18(16-21-12-7-2-1-3-8-13-21)11-14-22(20(19)24)15-17-9-5-4-6-10-17;22-18-17(15-20-11-6-1-2-7-12-20)10-13-21(19(18)23)14-16-8-4-3-5-9-16;2*21-17-16(14-19-10-5-2-6-11-19)9-12-20(18(17)22)13-15-7-3-1-4-8-15/h1-9,28H,10-15H2;4-6,9-11,14,23H,1-3,7-8,12-13,15-16H2;3-5,8-10,13,22H,1-2,6-7,11-12,14-15H2;2*1,3-4,7-9,12,21H,2,5-6,10-11,13-14H2. The van der Waals surface area contributed by atoms with Crippen molar-refractivity contribution in [3.05, 3.63) is 338 Å². The number of anilines is 1. The second-order valence-corrected chi connectivity index (χ2v) is 32.3. The van der Waals surface area contributed by atoms with E-state index in [4.69, 9.17) is 11.6 Å². The van der Waals surface area contributed by atoms with Gasteiger partial charge in [-0.05, 0) is 174 Å². The van der Waals surface area contributed by atoms with Crippen molar-refractivity contribution in [2.24, 2.45) is 0 Å². The normalized spacial score (nSPS) is 15.8. The van der Waals surface area contributed by atoms with Crippen LogP contribution in [0.5, 0.6) is 28.7 Å². The average Bonchev–Trinajstić information content (AvgIpc) is 1.24. The number of rotatable bonds is 21. The first-order chi connectivity index (χ1) is 58.5. The molecule has 6 aromatic heterocycles. The number of nitrogens with zero attached hydrogens (tertiary/aromatic N) is 13. The van der Waals surface area contributed by atoms with E-state index in [1.807, 2.05) is 188 Å². The van der Waals surface area contributed by atoms with E-state index in [1.54, 1.807) is 55.3 Å². The summed E-state index contributed by atoms with van der Waals surface area (Å²) in [6, 6.07) is 61.9. The number of benzene rings is 5. The van der Waals surface area contributed by atoms with Gasteiger partial charge in [-0.25, -0.2) is 0 Å². The zero-order chi connectivity index (χ0) is 83.8. The summed E-state index contributed by atoms with van der Waals surface area (Å²) in [7, 11) is 0. The maximum absolute atomic E-state index is 12.6. The molecule has 11 aromatic rings. The molecule has 16 rings (SSSR count). The number of aromatic nitrogens is 7. The Morgan fingerprint density at radius 1 is 0.233 bits per heavy atom. The molecule has 632 valence electrons. The summed E-state index contributed by atoms with van der Waals surface area (Å²) < 4.78 is 7.79. The van der Waals surface area contributed by atoms with Gasteiger partial charge < -0.3 is 53.3 Å². The van der Waals surface area contributed by atoms with E-state index >= 15 is 0 Å². The van der Waals surface area contributed by atoms with Gasteiger partial charge in [0.25, 0.3) is 27.8 Å². The molecule has 11 heterocycles. The van der Waals surface area contributed by atoms with Crippen LogP contribution in [0.4, 0.5) is 5.82 Å². The molecule has 5 N–H and O–H groups in total. The lowest BCUT2D eigenvalue weighted by Crippen LogP contribution is -2.46. The monoisotopic (exact) mass is 1650 g/mol. The number of aromatic hydroxyl groups is 5. The Bertz CT molecular complexity index is 5150. The fourth-order valence-electron chi connectivity index (χ4n) is 16.0. The molecule has 5 saturated heterocycles. The number of pyridine rings is 5. The van der Waals surface area contributed by atoms with Gasteiger partial charge in [-0.3, -0.25) is 48.5 Å². The molecule has 120 heavy (non-hydrogen) atoms. The highest BCUT2D eigenvalue weighted by molar-refractivity contribution is 6.29. The van der Waals surface area contributed by atoms with Crippen LogP contribution >= 0.6 is 11.6 Å². The maximum atomic E-state index is 12.6. The van der Waals surface area contributed by atoms with Gasteiger partial charge in [-0.15, -0.1) is 10.2 Å². The van der Waals surface area contributed by atoms with Crippen LogP contribution in [0.2, 0.25) is 5.15 Å². The van der Waals surface area contributed by atoms with Crippen LogP contribution in [0.1, 0.15) is 152 Å². The first kappa shape index (κ1) is 88.1. The van der Waals surface area contributed by atoms with Crippen LogP contribution < -0.4 is 32.7 Å². The Balaban J connectivity index is 0.000000138. The average molecular weight is 1650 g/mol. The van der Waals surface area contributed by atoms with Crippen molar-refractivity contribution in [1.29, 1.82) is 0 Å². The van der Waals surface area contributed by atoms with Crippen LogP contribution in [0, 0.1) is 0 Å². The SMILES string of the molecule is O=c1c(O)c(CN2CCCCC2)ccn1Cc1ccccc1.O=c1c(O)c(CN2CCCCC2)ccn1Cc1ccccc1.O=c1c(O)c(CN2CCCCCC2)ccn1Cc1ccccc1.O=c1c(O)c(CN2CCCCCCC2)ccn1Cc1ccccc1.O=c1c(O)c(CN2CCN(c3ccc(Cl)nn3)CC2)ccn1Cc1ccccc1. The molecule has 23 nitrogen and oxygen atoms in total. The topological polar surface area (TPSA) is 256 Å². The van der Waals surface area contributed by atoms with Crippen molar-refractivity contribution >= 4 is 17.4 Å². The lowest BCUT2D eigenvalue weighted by atomic mass is 10.1. The van der Waals surface area contributed by atoms with Crippen LogP contribution in [0.15, 0.2) is 249 Å². The minimum atomic E-state index is -0.360. The molecule has 5 aromatic carbocycles. The lowest BCUT2D eigenvalue weighted by molar-refractivity contribution is 0.218. The molecule has 0 amide bonds. The van der Waals surface area contributed by atoms with E-state index in [-0.39, 0.29) is 56.5 Å². The number of piperazine rings is 1. The van der Waals surface area contributed by atoms with Crippen LogP contribution in [-0.2, 0) is 65.4 Å². The fourth-order valence-corrected chi connectivity index (χ4v) is 16.1. The second-order valence-electron chi connectivity index (χ2n) is 31.9. The van der Waals surface area contributed by atoms with Gasteiger partial charge in [0.2, 0.25) is 0 Å². The zero-order valence-electron chi connectivity index (χ0n) is 69.0. The summed E-state index contributed by atoms with van der Waals surface area (Å²) >= 11 is 5.80. The third-order valence-electron chi connectivity index (χ3n) is 22.9. The largest absolute Gasteiger partial charge is 0.503 e. The minimum absolute atomic E-state index is 0.101. The van der Waals surface area contributed by atoms with E-state index in [9.17, 15) is 49.5 Å². The quantitative estimate of drug-likeness (QED) is 0.0448. The molecule has 0 radical (unpaired) electrons. The highest BCUT2D eigenvalue weighted by Gasteiger charge is 2.24. The van der Waals surface area contributed by atoms with Crippen LogP contribution in [0.3, 0.4) is 0 Å². The first-order valence-electron chi connectivity index (χ1n) is 42.7. The Kier molecular flexibility index (Phi) is 33.7. The van der Waals surface area contributed by atoms with Crippen LogP contribution in [0.25, 0.3) is 0 Å². The van der Waals surface area contributed by atoms with E-state index in [0.717, 1.165) is 134 Å². The van der Waals surface area contributed by atoms with Gasteiger partial charge in [0.05, 0.1) is 32.7 Å². The Morgan fingerprint density at radius 3 is 0.658 bits per heavy atom. The lowest BCUT2D eigenvalue weighted by Gasteiger charge is -2.35.